The number of rotatable bonds is 59. The van der Waals surface area contributed by atoms with Gasteiger partial charge in [-0.1, -0.05) is 291 Å². The zero-order valence-electron chi connectivity index (χ0n) is 50.7. The van der Waals surface area contributed by atoms with Gasteiger partial charge in [0, 0.05) is 19.3 Å². The van der Waals surface area contributed by atoms with E-state index < -0.39 is 6.10 Å². The number of carbonyl (C=O) groups excluding carboxylic acids is 3. The van der Waals surface area contributed by atoms with Gasteiger partial charge in [0.2, 0.25) is 0 Å². The molecule has 0 bridgehead atoms. The molecule has 0 aliphatic heterocycles. The van der Waals surface area contributed by atoms with Crippen molar-refractivity contribution >= 4 is 17.9 Å². The number of hydrogen-bond donors (Lipinski definition) is 0. The molecular formula is C71H122O6. The topological polar surface area (TPSA) is 78.9 Å². The summed E-state index contributed by atoms with van der Waals surface area (Å²) in [5, 5.41) is 0. The van der Waals surface area contributed by atoms with E-state index in [0.717, 1.165) is 128 Å². The number of esters is 3. The van der Waals surface area contributed by atoms with Crippen LogP contribution < -0.4 is 0 Å². The summed E-state index contributed by atoms with van der Waals surface area (Å²) in [4.78, 5) is 37.9. The van der Waals surface area contributed by atoms with Gasteiger partial charge in [-0.05, 0) is 103 Å². The molecule has 77 heavy (non-hydrogen) atoms. The molecule has 0 N–H and O–H groups in total. The summed E-state index contributed by atoms with van der Waals surface area (Å²) in [6.07, 6.45) is 87.6. The maximum Gasteiger partial charge on any atom is 0.306 e. The minimum absolute atomic E-state index is 0.0836. The van der Waals surface area contributed by atoms with Crippen molar-refractivity contribution in [3.63, 3.8) is 0 Å². The SMILES string of the molecule is CC/C=C\C/C=C\C/C=C\C/C=C\C/C=C\CCCCCCCC(=O)OC(COC(=O)CCCCCCC)COC(=O)CCCCCCCCCCCCCCCCCCCC/C=C\C/C=C\C/C=C\CCCCCCC. The fraction of sp³-hybridized carbons (Fsp3) is 0.732. The Labute approximate surface area is 477 Å². The van der Waals surface area contributed by atoms with E-state index in [1.165, 1.54) is 148 Å². The largest absolute Gasteiger partial charge is 0.462 e. The summed E-state index contributed by atoms with van der Waals surface area (Å²) in [7, 11) is 0. The van der Waals surface area contributed by atoms with Crippen LogP contribution in [0.3, 0.4) is 0 Å². The first-order valence-corrected chi connectivity index (χ1v) is 32.7. The Morgan fingerprint density at radius 3 is 0.792 bits per heavy atom. The summed E-state index contributed by atoms with van der Waals surface area (Å²) in [5.74, 6) is -0.909. The van der Waals surface area contributed by atoms with Crippen molar-refractivity contribution in [2.75, 3.05) is 13.2 Å². The van der Waals surface area contributed by atoms with Crippen LogP contribution in [-0.2, 0) is 28.6 Å². The standard InChI is InChI=1S/C71H122O6/c1-4-7-10-13-15-17-19-21-23-25-27-29-30-31-32-33-34-35-36-37-38-39-40-42-43-45-47-49-51-53-55-58-61-64-70(73)76-67-68(66-75-69(72)63-60-57-12-9-6-3)77-71(74)65-62-59-56-54-52-50-48-46-44-41-28-26-24-22-20-18-16-14-11-8-5-2/h8,11,16,18-19,21-22,24-25,27-28,30-31,41,46,48,68H,4-7,9-10,12-15,17,20,23,26,29,32-40,42-45,47,49-67H2,1-3H3/b11-8-,18-16-,21-19-,24-22-,27-25-,31-30-,41-28-,48-46-. The van der Waals surface area contributed by atoms with Gasteiger partial charge in [0.15, 0.2) is 6.10 Å². The second-order valence-corrected chi connectivity index (χ2v) is 21.6. The molecule has 0 heterocycles. The number of carbonyl (C=O) groups is 3. The van der Waals surface area contributed by atoms with Crippen molar-refractivity contribution in [1.82, 2.24) is 0 Å². The molecule has 0 aromatic rings. The zero-order valence-corrected chi connectivity index (χ0v) is 50.7. The lowest BCUT2D eigenvalue weighted by Gasteiger charge is -2.18. The fourth-order valence-corrected chi connectivity index (χ4v) is 9.18. The molecule has 0 fully saturated rings. The zero-order chi connectivity index (χ0) is 55.7. The molecule has 0 spiro atoms. The second kappa shape index (κ2) is 64.9. The molecular weight excluding hydrogens is 949 g/mol. The first kappa shape index (κ1) is 73.3. The summed E-state index contributed by atoms with van der Waals surface area (Å²) < 4.78 is 16.8. The van der Waals surface area contributed by atoms with Crippen LogP contribution in [0.4, 0.5) is 0 Å². The number of allylic oxidation sites excluding steroid dienone is 16. The van der Waals surface area contributed by atoms with Crippen LogP contribution in [0.25, 0.3) is 0 Å². The molecule has 0 amide bonds. The Morgan fingerprint density at radius 2 is 0.506 bits per heavy atom. The summed E-state index contributed by atoms with van der Waals surface area (Å²) >= 11 is 0. The average Bonchev–Trinajstić information content (AvgIpc) is 3.43. The van der Waals surface area contributed by atoms with Gasteiger partial charge in [-0.2, -0.15) is 0 Å². The van der Waals surface area contributed by atoms with E-state index in [4.69, 9.17) is 14.2 Å². The summed E-state index contributed by atoms with van der Waals surface area (Å²) in [6.45, 7) is 6.43. The van der Waals surface area contributed by atoms with Crippen LogP contribution in [0.2, 0.25) is 0 Å². The van der Waals surface area contributed by atoms with E-state index in [2.05, 4.69) is 118 Å². The first-order chi connectivity index (χ1) is 38.0. The van der Waals surface area contributed by atoms with E-state index in [-0.39, 0.29) is 31.1 Å². The summed E-state index contributed by atoms with van der Waals surface area (Å²) in [6, 6.07) is 0. The van der Waals surface area contributed by atoms with Crippen LogP contribution in [0.15, 0.2) is 97.2 Å². The van der Waals surface area contributed by atoms with E-state index in [1.807, 2.05) is 0 Å². The highest BCUT2D eigenvalue weighted by molar-refractivity contribution is 5.71. The highest BCUT2D eigenvalue weighted by atomic mass is 16.6. The van der Waals surface area contributed by atoms with Crippen molar-refractivity contribution in [2.24, 2.45) is 0 Å². The monoisotopic (exact) mass is 1070 g/mol. The Bertz CT molecular complexity index is 1510. The van der Waals surface area contributed by atoms with Crippen LogP contribution >= 0.6 is 0 Å². The Morgan fingerprint density at radius 1 is 0.273 bits per heavy atom. The highest BCUT2D eigenvalue weighted by Gasteiger charge is 2.19. The second-order valence-electron chi connectivity index (χ2n) is 21.6. The molecule has 6 heteroatoms. The molecule has 1 unspecified atom stereocenters. The molecule has 0 aromatic heterocycles. The third kappa shape index (κ3) is 63.0. The molecule has 0 aromatic carbocycles. The van der Waals surface area contributed by atoms with E-state index in [9.17, 15) is 14.4 Å². The van der Waals surface area contributed by atoms with Gasteiger partial charge in [0.25, 0.3) is 0 Å². The van der Waals surface area contributed by atoms with Crippen LogP contribution in [0, 0.1) is 0 Å². The third-order valence-corrected chi connectivity index (χ3v) is 14.1. The van der Waals surface area contributed by atoms with E-state index in [0.29, 0.717) is 19.3 Å². The predicted octanol–water partition coefficient (Wildman–Crippen LogP) is 22.4. The van der Waals surface area contributed by atoms with E-state index in [1.54, 1.807) is 0 Å². The third-order valence-electron chi connectivity index (χ3n) is 14.1. The average molecular weight is 1070 g/mol. The van der Waals surface area contributed by atoms with Crippen LogP contribution in [0.1, 0.15) is 316 Å². The van der Waals surface area contributed by atoms with Gasteiger partial charge >= 0.3 is 17.9 Å². The van der Waals surface area contributed by atoms with Crippen molar-refractivity contribution in [2.45, 2.75) is 322 Å². The predicted molar refractivity (Wildman–Crippen MR) is 334 cm³/mol. The van der Waals surface area contributed by atoms with Gasteiger partial charge in [0.05, 0.1) is 0 Å². The molecule has 442 valence electrons. The molecule has 6 nitrogen and oxygen atoms in total. The van der Waals surface area contributed by atoms with Crippen LogP contribution in [-0.4, -0.2) is 37.2 Å². The molecule has 0 rings (SSSR count). The Kier molecular flexibility index (Phi) is 61.8. The minimum Gasteiger partial charge on any atom is -0.462 e. The first-order valence-electron chi connectivity index (χ1n) is 32.7. The van der Waals surface area contributed by atoms with Gasteiger partial charge in [0.1, 0.15) is 13.2 Å². The lowest BCUT2D eigenvalue weighted by Crippen LogP contribution is -2.30. The van der Waals surface area contributed by atoms with Crippen LogP contribution in [0.5, 0.6) is 0 Å². The van der Waals surface area contributed by atoms with Crippen molar-refractivity contribution < 1.29 is 28.6 Å². The van der Waals surface area contributed by atoms with Crippen molar-refractivity contribution in [3.05, 3.63) is 97.2 Å². The van der Waals surface area contributed by atoms with Crippen molar-refractivity contribution in [1.29, 1.82) is 0 Å². The van der Waals surface area contributed by atoms with Crippen molar-refractivity contribution in [3.8, 4) is 0 Å². The maximum absolute atomic E-state index is 12.8. The quantitative estimate of drug-likeness (QED) is 0.0261. The molecule has 0 saturated carbocycles. The smallest absolute Gasteiger partial charge is 0.306 e. The molecule has 0 aliphatic carbocycles. The number of unbranched alkanes of at least 4 members (excludes halogenated alkanes) is 32. The maximum atomic E-state index is 12.8. The lowest BCUT2D eigenvalue weighted by molar-refractivity contribution is -0.167. The normalized spacial score (nSPS) is 12.7. The molecule has 0 saturated heterocycles. The summed E-state index contributed by atoms with van der Waals surface area (Å²) in [5.41, 5.74) is 0. The van der Waals surface area contributed by atoms with E-state index >= 15 is 0 Å². The minimum atomic E-state index is -0.784. The number of hydrogen-bond acceptors (Lipinski definition) is 6. The lowest BCUT2D eigenvalue weighted by atomic mass is 10.0. The van der Waals surface area contributed by atoms with Gasteiger partial charge in [-0.3, -0.25) is 14.4 Å². The van der Waals surface area contributed by atoms with Gasteiger partial charge in [-0.25, -0.2) is 0 Å². The highest BCUT2D eigenvalue weighted by Crippen LogP contribution is 2.17. The Balaban J connectivity index is 3.99. The Hall–Kier alpha value is -3.67. The van der Waals surface area contributed by atoms with Gasteiger partial charge < -0.3 is 14.2 Å². The molecule has 0 radical (unpaired) electrons. The molecule has 0 aliphatic rings. The fourth-order valence-electron chi connectivity index (χ4n) is 9.18. The number of ether oxygens (including phenoxy) is 3. The molecule has 1 atom stereocenters. The van der Waals surface area contributed by atoms with Gasteiger partial charge in [-0.15, -0.1) is 0 Å².